The molecule has 0 bridgehead atoms. The molecular formula is C20H21FN2O2. The Kier molecular flexibility index (Phi) is 4.49. The van der Waals surface area contributed by atoms with Crippen LogP contribution < -0.4 is 5.32 Å². The predicted octanol–water partition coefficient (Wildman–Crippen LogP) is 3.91. The third kappa shape index (κ3) is 3.22. The van der Waals surface area contributed by atoms with Gasteiger partial charge in [0.05, 0.1) is 5.52 Å². The number of hydrogen-bond acceptors (Lipinski definition) is 2. The molecule has 3 aromatic rings. The Hall–Kier alpha value is -2.82. The van der Waals surface area contributed by atoms with E-state index in [2.05, 4.69) is 10.3 Å². The van der Waals surface area contributed by atoms with E-state index in [1.807, 2.05) is 13.8 Å². The van der Waals surface area contributed by atoms with Gasteiger partial charge in [-0.25, -0.2) is 4.39 Å². The second-order valence-corrected chi connectivity index (χ2v) is 6.35. The molecule has 0 aliphatic rings. The number of nitrogens with one attached hydrogen (secondary N) is 2. The molecule has 4 nitrogen and oxygen atoms in total. The average molecular weight is 340 g/mol. The number of aromatic amines is 1. The maximum Gasteiger partial charge on any atom is 0.251 e. The van der Waals surface area contributed by atoms with Gasteiger partial charge in [-0.1, -0.05) is 12.1 Å². The second kappa shape index (κ2) is 6.59. The molecular weight excluding hydrogens is 319 g/mol. The zero-order valence-electron chi connectivity index (χ0n) is 14.5. The largest absolute Gasteiger partial charge is 0.508 e. The molecule has 130 valence electrons. The third-order valence-electron chi connectivity index (χ3n) is 4.56. The molecule has 0 saturated heterocycles. The number of aromatic nitrogens is 1. The van der Waals surface area contributed by atoms with E-state index >= 15 is 0 Å². The quantitative estimate of drug-likeness (QED) is 0.674. The molecule has 2 aromatic carbocycles. The van der Waals surface area contributed by atoms with Gasteiger partial charge < -0.3 is 15.4 Å². The minimum atomic E-state index is -0.269. The third-order valence-corrected chi connectivity index (χ3v) is 4.56. The molecule has 1 heterocycles. The number of amides is 1. The molecule has 0 aliphatic carbocycles. The molecule has 0 radical (unpaired) electrons. The Morgan fingerprint density at radius 2 is 1.88 bits per heavy atom. The van der Waals surface area contributed by atoms with Gasteiger partial charge in [0.2, 0.25) is 0 Å². The van der Waals surface area contributed by atoms with E-state index in [0.29, 0.717) is 24.0 Å². The molecule has 0 atom stereocenters. The van der Waals surface area contributed by atoms with Crippen LogP contribution >= 0.6 is 0 Å². The van der Waals surface area contributed by atoms with Gasteiger partial charge in [-0.15, -0.1) is 0 Å². The number of H-pyrrole nitrogens is 1. The number of phenols is 1. The first kappa shape index (κ1) is 17.0. The van der Waals surface area contributed by atoms with Crippen LogP contribution in [0.3, 0.4) is 0 Å². The van der Waals surface area contributed by atoms with E-state index < -0.39 is 0 Å². The zero-order valence-corrected chi connectivity index (χ0v) is 14.5. The van der Waals surface area contributed by atoms with Crippen LogP contribution in [0.25, 0.3) is 10.9 Å². The summed E-state index contributed by atoms with van der Waals surface area (Å²) >= 11 is 0. The van der Waals surface area contributed by atoms with Crippen LogP contribution in [-0.4, -0.2) is 22.5 Å². The van der Waals surface area contributed by atoms with Crippen molar-refractivity contribution in [3.8, 4) is 5.75 Å². The number of carbonyl (C=O) groups excluding carboxylic acids is 1. The number of benzene rings is 2. The smallest absolute Gasteiger partial charge is 0.251 e. The number of rotatable bonds is 4. The van der Waals surface area contributed by atoms with Crippen molar-refractivity contribution >= 4 is 16.8 Å². The summed E-state index contributed by atoms with van der Waals surface area (Å²) < 4.78 is 14.0. The lowest BCUT2D eigenvalue weighted by Crippen LogP contribution is -2.25. The summed E-state index contributed by atoms with van der Waals surface area (Å²) in [6, 6.07) is 8.08. The summed E-state index contributed by atoms with van der Waals surface area (Å²) in [6.07, 6.45) is 0.597. The highest BCUT2D eigenvalue weighted by Gasteiger charge is 2.14. The van der Waals surface area contributed by atoms with Crippen molar-refractivity contribution in [2.45, 2.75) is 27.2 Å². The Labute approximate surface area is 145 Å². The highest BCUT2D eigenvalue weighted by atomic mass is 19.1. The first-order valence-corrected chi connectivity index (χ1v) is 8.22. The normalized spacial score (nSPS) is 11.0. The first-order chi connectivity index (χ1) is 11.9. The van der Waals surface area contributed by atoms with Gasteiger partial charge in [-0.3, -0.25) is 4.79 Å². The van der Waals surface area contributed by atoms with Crippen molar-refractivity contribution in [1.29, 1.82) is 0 Å². The number of phenolic OH excluding ortho intramolecular Hbond substituents is 1. The highest BCUT2D eigenvalue weighted by molar-refractivity contribution is 5.94. The monoisotopic (exact) mass is 340 g/mol. The van der Waals surface area contributed by atoms with Crippen molar-refractivity contribution < 1.29 is 14.3 Å². The van der Waals surface area contributed by atoms with Crippen LogP contribution in [0.5, 0.6) is 5.75 Å². The minimum Gasteiger partial charge on any atom is -0.508 e. The highest BCUT2D eigenvalue weighted by Crippen LogP contribution is 2.27. The average Bonchev–Trinajstić information content (AvgIpc) is 2.91. The molecule has 25 heavy (non-hydrogen) atoms. The number of aryl methyl sites for hydroxylation is 3. The molecule has 0 unspecified atom stereocenters. The van der Waals surface area contributed by atoms with Crippen molar-refractivity contribution in [2.75, 3.05) is 6.54 Å². The first-order valence-electron chi connectivity index (χ1n) is 8.22. The molecule has 0 saturated carbocycles. The Balaban J connectivity index is 1.75. The number of aromatic hydroxyl groups is 1. The van der Waals surface area contributed by atoms with Gasteiger partial charge >= 0.3 is 0 Å². The summed E-state index contributed by atoms with van der Waals surface area (Å²) in [4.78, 5) is 15.3. The Bertz CT molecular complexity index is 960. The van der Waals surface area contributed by atoms with Crippen molar-refractivity contribution in [3.05, 3.63) is 64.1 Å². The maximum absolute atomic E-state index is 14.0. The lowest BCUT2D eigenvalue weighted by atomic mass is 10.0. The summed E-state index contributed by atoms with van der Waals surface area (Å²) in [5, 5.41) is 13.5. The fraction of sp³-hybridized carbons (Fsp3) is 0.250. The van der Waals surface area contributed by atoms with Gasteiger partial charge in [-0.2, -0.15) is 0 Å². The van der Waals surface area contributed by atoms with Crippen molar-refractivity contribution in [3.63, 3.8) is 0 Å². The number of halogens is 1. The lowest BCUT2D eigenvalue weighted by Gasteiger charge is -2.08. The molecule has 3 N–H and O–H groups in total. The van der Waals surface area contributed by atoms with Crippen LogP contribution in [0.2, 0.25) is 0 Å². The van der Waals surface area contributed by atoms with Crippen LogP contribution in [0.4, 0.5) is 4.39 Å². The molecule has 0 spiro atoms. The Morgan fingerprint density at radius 1 is 1.16 bits per heavy atom. The molecule has 0 aliphatic heterocycles. The topological polar surface area (TPSA) is 65.1 Å². The van der Waals surface area contributed by atoms with Crippen LogP contribution in [0.1, 0.15) is 32.7 Å². The van der Waals surface area contributed by atoms with E-state index in [1.165, 1.54) is 12.1 Å². The molecule has 3 rings (SSSR count). The van der Waals surface area contributed by atoms with Crippen LogP contribution in [0, 0.1) is 26.6 Å². The Morgan fingerprint density at radius 3 is 2.60 bits per heavy atom. The van der Waals surface area contributed by atoms with E-state index in [9.17, 15) is 14.3 Å². The van der Waals surface area contributed by atoms with Crippen molar-refractivity contribution in [2.24, 2.45) is 0 Å². The number of fused-ring (bicyclic) bond motifs is 1. The molecule has 1 amide bonds. The van der Waals surface area contributed by atoms with Crippen LogP contribution in [-0.2, 0) is 6.42 Å². The van der Waals surface area contributed by atoms with Gasteiger partial charge in [0.25, 0.3) is 5.91 Å². The zero-order chi connectivity index (χ0) is 18.1. The van der Waals surface area contributed by atoms with E-state index in [4.69, 9.17) is 0 Å². The SMILES string of the molecule is Cc1ccc(C(=O)NCCc2c(C)[nH]c3c(F)ccc(C)c23)cc1O. The maximum atomic E-state index is 14.0. The van der Waals surface area contributed by atoms with Crippen LogP contribution in [0.15, 0.2) is 30.3 Å². The van der Waals surface area contributed by atoms with E-state index in [1.54, 1.807) is 25.1 Å². The van der Waals surface area contributed by atoms with Gasteiger partial charge in [-0.05, 0) is 62.1 Å². The molecule has 1 aromatic heterocycles. The predicted molar refractivity (Wildman–Crippen MR) is 96.6 cm³/mol. The van der Waals surface area contributed by atoms with E-state index in [-0.39, 0.29) is 17.5 Å². The number of carbonyl (C=O) groups is 1. The molecule has 5 heteroatoms. The fourth-order valence-corrected chi connectivity index (χ4v) is 3.11. The lowest BCUT2D eigenvalue weighted by molar-refractivity contribution is 0.0953. The summed E-state index contributed by atoms with van der Waals surface area (Å²) in [5.74, 6) is -0.406. The van der Waals surface area contributed by atoms with E-state index in [0.717, 1.165) is 27.8 Å². The minimum absolute atomic E-state index is 0.103. The van der Waals surface area contributed by atoms with Gasteiger partial charge in [0.1, 0.15) is 11.6 Å². The summed E-state index contributed by atoms with van der Waals surface area (Å²) in [7, 11) is 0. The van der Waals surface area contributed by atoms with Gasteiger partial charge in [0, 0.05) is 23.2 Å². The molecule has 0 fully saturated rings. The van der Waals surface area contributed by atoms with Gasteiger partial charge in [0.15, 0.2) is 0 Å². The second-order valence-electron chi connectivity index (χ2n) is 6.35. The summed E-state index contributed by atoms with van der Waals surface area (Å²) in [5.41, 5.74) is 4.58. The van der Waals surface area contributed by atoms with Crippen molar-refractivity contribution in [1.82, 2.24) is 10.3 Å². The number of hydrogen-bond donors (Lipinski definition) is 3. The fourth-order valence-electron chi connectivity index (χ4n) is 3.11. The summed E-state index contributed by atoms with van der Waals surface area (Å²) in [6.45, 7) is 6.07. The standard InChI is InChI=1S/C20H21FN2O2/c1-11-4-6-14(10-17(11)24)20(25)22-9-8-15-13(3)23-19-16(21)7-5-12(2)18(15)19/h4-7,10,23-24H,8-9H2,1-3H3,(H,22,25).